The lowest BCUT2D eigenvalue weighted by Crippen LogP contribution is -2.41. The Bertz CT molecular complexity index is 610. The van der Waals surface area contributed by atoms with Gasteiger partial charge in [-0.05, 0) is 36.5 Å². The van der Waals surface area contributed by atoms with Crippen LogP contribution in [0.4, 0.5) is 4.39 Å². The summed E-state index contributed by atoms with van der Waals surface area (Å²) in [6.07, 6.45) is 2.76. The van der Waals surface area contributed by atoms with Crippen molar-refractivity contribution in [1.82, 2.24) is 4.31 Å². The van der Waals surface area contributed by atoms with Crippen LogP contribution in [0.15, 0.2) is 23.1 Å². The number of hydrogen-bond acceptors (Lipinski definition) is 2. The summed E-state index contributed by atoms with van der Waals surface area (Å²) in [5.74, 6) is -0.510. The number of piperidine rings is 1. The highest BCUT2D eigenvalue weighted by atomic mass is 35.5. The average Bonchev–Trinajstić information content (AvgIpc) is 2.48. The van der Waals surface area contributed by atoms with E-state index in [4.69, 9.17) is 11.6 Å². The Hall–Kier alpha value is -0.650. The second kappa shape index (κ2) is 6.23. The molecule has 1 saturated heterocycles. The summed E-state index contributed by atoms with van der Waals surface area (Å²) in [4.78, 5) is 0.125. The lowest BCUT2D eigenvalue weighted by molar-refractivity contribution is 0.169. The first-order valence-corrected chi connectivity index (χ1v) is 9.14. The molecule has 3 nitrogen and oxygen atoms in total. The van der Waals surface area contributed by atoms with Gasteiger partial charge < -0.3 is 0 Å². The van der Waals surface area contributed by atoms with Gasteiger partial charge in [0.1, 0.15) is 5.82 Å². The minimum absolute atomic E-state index is 0.0386. The fourth-order valence-electron chi connectivity index (χ4n) is 2.58. The van der Waals surface area contributed by atoms with Gasteiger partial charge in [0.15, 0.2) is 0 Å². The normalized spacial score (nSPS) is 19.6. The summed E-state index contributed by atoms with van der Waals surface area (Å²) in [5.41, 5.74) is 0.434. The molecule has 0 atom stereocenters. The van der Waals surface area contributed by atoms with Gasteiger partial charge in [0, 0.05) is 18.7 Å². The summed E-state index contributed by atoms with van der Waals surface area (Å²) >= 11 is 5.65. The van der Waals surface area contributed by atoms with E-state index in [2.05, 4.69) is 13.8 Å². The van der Waals surface area contributed by atoms with Crippen LogP contribution in [0.1, 0.15) is 38.7 Å². The lowest BCUT2D eigenvalue weighted by atomic mass is 9.79. The maximum atomic E-state index is 13.5. The predicted octanol–water partition coefficient (Wildman–Crippen LogP) is 3.77. The number of nitrogens with zero attached hydrogens (tertiary/aromatic N) is 1. The third-order valence-corrected chi connectivity index (χ3v) is 6.76. The minimum Gasteiger partial charge on any atom is -0.207 e. The molecule has 0 saturated carbocycles. The molecule has 1 aromatic rings. The van der Waals surface area contributed by atoms with E-state index in [-0.39, 0.29) is 21.8 Å². The summed E-state index contributed by atoms with van der Waals surface area (Å²) in [6.45, 7) is 5.36. The van der Waals surface area contributed by atoms with E-state index < -0.39 is 15.8 Å². The molecule has 0 amide bonds. The molecule has 21 heavy (non-hydrogen) atoms. The zero-order valence-corrected chi connectivity index (χ0v) is 14.0. The number of benzene rings is 1. The zero-order valence-electron chi connectivity index (χ0n) is 12.4. The summed E-state index contributed by atoms with van der Waals surface area (Å²) in [7, 11) is -3.56. The third-order valence-electron chi connectivity index (χ3n) is 4.58. The Morgan fingerprint density at radius 1 is 1.33 bits per heavy atom. The Morgan fingerprint density at radius 3 is 2.48 bits per heavy atom. The maximum Gasteiger partial charge on any atom is 0.243 e. The molecule has 0 radical (unpaired) electrons. The van der Waals surface area contributed by atoms with Gasteiger partial charge in [0.2, 0.25) is 10.0 Å². The second-order valence-corrected chi connectivity index (χ2v) is 8.16. The highest BCUT2D eigenvalue weighted by Crippen LogP contribution is 2.35. The molecule has 0 bridgehead atoms. The van der Waals surface area contributed by atoms with Gasteiger partial charge in [-0.1, -0.05) is 20.3 Å². The molecule has 118 valence electrons. The Balaban J connectivity index is 2.23. The molecule has 0 unspecified atom stereocenters. The van der Waals surface area contributed by atoms with E-state index in [0.717, 1.165) is 19.3 Å². The molecule has 1 aliphatic rings. The molecule has 6 heteroatoms. The van der Waals surface area contributed by atoms with Crippen molar-refractivity contribution in [3.05, 3.63) is 29.6 Å². The largest absolute Gasteiger partial charge is 0.243 e. The van der Waals surface area contributed by atoms with Gasteiger partial charge in [-0.25, -0.2) is 12.8 Å². The van der Waals surface area contributed by atoms with Gasteiger partial charge in [-0.2, -0.15) is 4.31 Å². The molecule has 1 aromatic carbocycles. The van der Waals surface area contributed by atoms with Crippen LogP contribution in [0.5, 0.6) is 0 Å². The van der Waals surface area contributed by atoms with Crippen molar-refractivity contribution in [2.75, 3.05) is 13.1 Å². The topological polar surface area (TPSA) is 37.4 Å². The molecule has 0 aromatic heterocycles. The second-order valence-electron chi connectivity index (χ2n) is 5.96. The maximum absolute atomic E-state index is 13.5. The molecule has 1 fully saturated rings. The van der Waals surface area contributed by atoms with Crippen LogP contribution in [0, 0.1) is 11.2 Å². The molecular weight excluding hydrogens is 313 g/mol. The quantitative estimate of drug-likeness (QED) is 0.787. The highest BCUT2D eigenvalue weighted by molar-refractivity contribution is 7.89. The van der Waals surface area contributed by atoms with Crippen molar-refractivity contribution in [2.24, 2.45) is 5.41 Å². The predicted molar refractivity (Wildman–Crippen MR) is 82.3 cm³/mol. The van der Waals surface area contributed by atoms with Crippen LogP contribution in [0.2, 0.25) is 0 Å². The fourth-order valence-corrected chi connectivity index (χ4v) is 4.28. The molecule has 0 spiro atoms. The molecule has 1 heterocycles. The monoisotopic (exact) mass is 333 g/mol. The minimum atomic E-state index is -3.56. The molecular formula is C15H21ClFNO2S. The van der Waals surface area contributed by atoms with Crippen LogP contribution in [-0.2, 0) is 15.9 Å². The van der Waals surface area contributed by atoms with Crippen molar-refractivity contribution in [2.45, 2.75) is 43.9 Å². The lowest BCUT2D eigenvalue weighted by Gasteiger charge is -2.38. The van der Waals surface area contributed by atoms with Crippen LogP contribution in [0.3, 0.4) is 0 Å². The van der Waals surface area contributed by atoms with E-state index in [1.54, 1.807) is 0 Å². The van der Waals surface area contributed by atoms with Crippen LogP contribution >= 0.6 is 11.6 Å². The third kappa shape index (κ3) is 3.41. The van der Waals surface area contributed by atoms with E-state index in [1.807, 2.05) is 0 Å². The van der Waals surface area contributed by atoms with E-state index >= 15 is 0 Å². The van der Waals surface area contributed by atoms with Gasteiger partial charge in [0.25, 0.3) is 0 Å². The number of rotatable bonds is 4. The molecule has 2 rings (SSSR count). The Kier molecular flexibility index (Phi) is 4.96. The molecule has 0 N–H and O–H groups in total. The van der Waals surface area contributed by atoms with Crippen molar-refractivity contribution in [3.63, 3.8) is 0 Å². The standard InChI is InChI=1S/C15H21ClFNO2S/c1-3-15(2)6-8-18(9-7-15)21(19,20)13-4-5-14(17)12(10-13)11-16/h4-5,10H,3,6-9,11H2,1-2H3. The van der Waals surface area contributed by atoms with Crippen molar-refractivity contribution in [3.8, 4) is 0 Å². The highest BCUT2D eigenvalue weighted by Gasteiger charge is 2.34. The zero-order chi connectivity index (χ0) is 15.7. The Morgan fingerprint density at radius 2 is 1.95 bits per heavy atom. The number of halogens is 2. The van der Waals surface area contributed by atoms with E-state index in [9.17, 15) is 12.8 Å². The summed E-state index contributed by atoms with van der Waals surface area (Å²) in [5, 5.41) is 0. The first-order valence-electron chi connectivity index (χ1n) is 7.17. The summed E-state index contributed by atoms with van der Waals surface area (Å²) in [6, 6.07) is 3.82. The van der Waals surface area contributed by atoms with Crippen LogP contribution < -0.4 is 0 Å². The summed E-state index contributed by atoms with van der Waals surface area (Å²) < 4.78 is 40.2. The average molecular weight is 334 g/mol. The van der Waals surface area contributed by atoms with Crippen LogP contribution in [0.25, 0.3) is 0 Å². The molecule has 0 aliphatic carbocycles. The number of sulfonamides is 1. The smallest absolute Gasteiger partial charge is 0.207 e. The first kappa shape index (κ1) is 16.7. The Labute approximate surface area is 131 Å². The molecule has 1 aliphatic heterocycles. The van der Waals surface area contributed by atoms with Gasteiger partial charge in [-0.15, -0.1) is 11.6 Å². The van der Waals surface area contributed by atoms with Gasteiger partial charge in [0.05, 0.1) is 10.8 Å². The number of hydrogen-bond donors (Lipinski definition) is 0. The van der Waals surface area contributed by atoms with Crippen LogP contribution in [-0.4, -0.2) is 25.8 Å². The van der Waals surface area contributed by atoms with Crippen molar-refractivity contribution in [1.29, 1.82) is 0 Å². The van der Waals surface area contributed by atoms with Gasteiger partial charge >= 0.3 is 0 Å². The van der Waals surface area contributed by atoms with Gasteiger partial charge in [-0.3, -0.25) is 0 Å². The van der Waals surface area contributed by atoms with E-state index in [1.165, 1.54) is 22.5 Å². The number of alkyl halides is 1. The van der Waals surface area contributed by atoms with Crippen molar-refractivity contribution < 1.29 is 12.8 Å². The van der Waals surface area contributed by atoms with Crippen molar-refractivity contribution >= 4 is 21.6 Å². The first-order chi connectivity index (χ1) is 9.82. The fraction of sp³-hybridized carbons (Fsp3) is 0.600. The SMILES string of the molecule is CCC1(C)CCN(S(=O)(=O)c2ccc(F)c(CCl)c2)CC1. The van der Waals surface area contributed by atoms with E-state index in [0.29, 0.717) is 13.1 Å².